The molecule has 0 atom stereocenters. The van der Waals surface area contributed by atoms with Gasteiger partial charge in [0.05, 0.1) is 38.2 Å². The number of aromatic nitrogens is 10. The molecule has 0 aliphatic rings. The van der Waals surface area contributed by atoms with Crippen LogP contribution >= 0.6 is 31.9 Å². The molecule has 85 heavy (non-hydrogen) atoms. The van der Waals surface area contributed by atoms with Crippen molar-refractivity contribution in [3.05, 3.63) is 235 Å². The number of nitrogens with one attached hydrogen (secondary N) is 3. The Morgan fingerprint density at radius 1 is 0.400 bits per heavy atom. The van der Waals surface area contributed by atoms with E-state index in [1.54, 1.807) is 144 Å². The van der Waals surface area contributed by atoms with Crippen LogP contribution in [0.15, 0.2) is 244 Å². The predicted octanol–water partition coefficient (Wildman–Crippen LogP) is 14.1. The standard InChI is InChI=1S/C21H18N2O4S.C15H14N2O2.C13H9BrN2O2S.C7H5BrN2.C7H6N2/c1-26-19-11-10-15(13-20(19)27-2)18-14-23(21-17(18)9-6-12-22-21)28(24,25)16-7-4-3-5-8-16;1-18-13-6-5-10(8-14(13)19-2)12-9-17-15-11(12)4-3-7-16-15;14-12-9-16(13-11(12)7-4-8-15-13)19(17,18)10-5-2-1-3-6-10;8-6-4-10-7-5(6)2-1-3-9-7;1-2-6-3-5-9-7(6)8-4-1/h3-14H,1-2H3;3-9H,1-2H3,(H,16,17);1-9H;1-4H,(H,9,10);1-5H,(H,8,9). The van der Waals surface area contributed by atoms with E-state index in [1.165, 1.54) is 14.1 Å². The Morgan fingerprint density at radius 2 is 0.859 bits per heavy atom. The Morgan fingerprint density at radius 3 is 1.41 bits per heavy atom. The largest absolute Gasteiger partial charge is 0.493 e. The highest BCUT2D eigenvalue weighted by Crippen LogP contribution is 2.38. The topological polar surface area (TPSA) is 227 Å². The number of pyridine rings is 5. The number of rotatable bonds is 10. The summed E-state index contributed by atoms with van der Waals surface area (Å²) in [5, 5.41) is 4.88. The summed E-state index contributed by atoms with van der Waals surface area (Å²) in [5.74, 6) is 2.61. The van der Waals surface area contributed by atoms with Gasteiger partial charge in [0.2, 0.25) is 0 Å². The number of hydrogen-bond acceptors (Lipinski definition) is 13. The summed E-state index contributed by atoms with van der Waals surface area (Å²) in [6.07, 6.45) is 17.3. The second kappa shape index (κ2) is 26.3. The lowest BCUT2D eigenvalue weighted by Gasteiger charge is -2.09. The number of H-pyrrole nitrogens is 3. The van der Waals surface area contributed by atoms with E-state index in [2.05, 4.69) is 71.7 Å². The summed E-state index contributed by atoms with van der Waals surface area (Å²) < 4.78 is 77.0. The first kappa shape index (κ1) is 58.6. The maximum atomic E-state index is 13.2. The van der Waals surface area contributed by atoms with E-state index in [0.29, 0.717) is 27.3 Å². The molecule has 0 radical (unpaired) electrons. The molecule has 18 nitrogen and oxygen atoms in total. The fourth-order valence-electron chi connectivity index (χ4n) is 9.04. The molecule has 0 bridgehead atoms. The normalized spacial score (nSPS) is 11.1. The van der Waals surface area contributed by atoms with Gasteiger partial charge < -0.3 is 33.9 Å². The summed E-state index contributed by atoms with van der Waals surface area (Å²) in [7, 11) is -1.00. The number of halogens is 2. The van der Waals surface area contributed by atoms with Gasteiger partial charge in [-0.2, -0.15) is 0 Å². The van der Waals surface area contributed by atoms with E-state index < -0.39 is 20.0 Å². The van der Waals surface area contributed by atoms with Gasteiger partial charge in [-0.05, 0) is 158 Å². The molecule has 0 amide bonds. The van der Waals surface area contributed by atoms with E-state index in [-0.39, 0.29) is 9.79 Å². The average Bonchev–Trinajstić information content (AvgIpc) is 3.00. The SMILES string of the molecule is Brc1c[nH]c2ncccc12.COc1ccc(-c2c[nH]c3ncccc23)cc1OC.COc1ccc(-c2cn(S(=O)(=O)c3ccccc3)c3ncccc23)cc1OC.O=S(=O)(c1ccccc1)n1cc(Br)c2cccnc21.c1cnc2[nH]ccc2c1. The van der Waals surface area contributed by atoms with Crippen LogP contribution < -0.4 is 18.9 Å². The average molecular weight is 1300 g/mol. The monoisotopic (exact) mass is 1300 g/mol. The zero-order valence-corrected chi connectivity index (χ0v) is 50.6. The summed E-state index contributed by atoms with van der Waals surface area (Å²) in [6, 6.07) is 49.1. The lowest BCUT2D eigenvalue weighted by atomic mass is 10.1. The third-order valence-corrected chi connectivity index (χ3v) is 17.8. The minimum atomic E-state index is -3.78. The van der Waals surface area contributed by atoms with Crippen LogP contribution in [0.25, 0.3) is 77.4 Å². The van der Waals surface area contributed by atoms with Crippen molar-refractivity contribution in [2.75, 3.05) is 28.4 Å². The maximum Gasteiger partial charge on any atom is 0.269 e. The molecule has 14 rings (SSSR count). The third kappa shape index (κ3) is 12.7. The molecule has 0 spiro atoms. The second-order valence-corrected chi connectivity index (χ2v) is 23.5. The molecule has 22 heteroatoms. The fraction of sp³-hybridized carbons (Fsp3) is 0.0635. The number of fused-ring (bicyclic) bond motifs is 5. The van der Waals surface area contributed by atoms with Crippen LogP contribution in [-0.4, -0.2) is 93.1 Å². The smallest absolute Gasteiger partial charge is 0.269 e. The summed E-state index contributed by atoms with van der Waals surface area (Å²) in [6.45, 7) is 0. The molecular formula is C63H52Br2N10O8S2. The molecule has 4 aromatic carbocycles. The molecule has 0 saturated carbocycles. The van der Waals surface area contributed by atoms with Gasteiger partial charge in [0.1, 0.15) is 16.9 Å². The molecule has 14 aromatic rings. The van der Waals surface area contributed by atoms with Crippen LogP contribution in [-0.2, 0) is 20.0 Å². The van der Waals surface area contributed by atoms with Crippen molar-refractivity contribution < 1.29 is 35.8 Å². The zero-order chi connectivity index (χ0) is 59.5. The highest BCUT2D eigenvalue weighted by molar-refractivity contribution is 9.11. The number of benzene rings is 4. The Bertz CT molecular complexity index is 4790. The highest BCUT2D eigenvalue weighted by Gasteiger charge is 2.24. The number of nitrogens with zero attached hydrogens (tertiary/aromatic N) is 7. The van der Waals surface area contributed by atoms with Gasteiger partial charge in [-0.15, -0.1) is 0 Å². The van der Waals surface area contributed by atoms with Gasteiger partial charge in [-0.1, -0.05) is 48.5 Å². The van der Waals surface area contributed by atoms with Crippen LogP contribution in [0.4, 0.5) is 0 Å². The number of aromatic amines is 3. The Balaban J connectivity index is 0.000000125. The van der Waals surface area contributed by atoms with Crippen LogP contribution in [0.2, 0.25) is 0 Å². The summed E-state index contributed by atoms with van der Waals surface area (Å²) in [5.41, 5.74) is 7.26. The number of methoxy groups -OCH3 is 4. The minimum absolute atomic E-state index is 0.205. The van der Waals surface area contributed by atoms with Crippen molar-refractivity contribution in [3.63, 3.8) is 0 Å². The molecule has 0 saturated heterocycles. The first-order chi connectivity index (χ1) is 41.3. The first-order valence-corrected chi connectivity index (χ1v) is 30.3. The van der Waals surface area contributed by atoms with Gasteiger partial charge in [-0.25, -0.2) is 49.7 Å². The van der Waals surface area contributed by atoms with Gasteiger partial charge >= 0.3 is 0 Å². The van der Waals surface area contributed by atoms with E-state index in [0.717, 1.165) is 82.1 Å². The Hall–Kier alpha value is -9.61. The molecule has 3 N–H and O–H groups in total. The van der Waals surface area contributed by atoms with Crippen LogP contribution in [0.1, 0.15) is 0 Å². The predicted molar refractivity (Wildman–Crippen MR) is 338 cm³/mol. The Kier molecular flexibility index (Phi) is 18.1. The van der Waals surface area contributed by atoms with Crippen molar-refractivity contribution in [1.29, 1.82) is 0 Å². The minimum Gasteiger partial charge on any atom is -0.493 e. The number of ether oxygens (including phenoxy) is 4. The van der Waals surface area contributed by atoms with Gasteiger partial charge in [-0.3, -0.25) is 0 Å². The van der Waals surface area contributed by atoms with Crippen LogP contribution in [0.5, 0.6) is 23.0 Å². The molecule has 10 heterocycles. The van der Waals surface area contributed by atoms with Crippen molar-refractivity contribution in [3.8, 4) is 45.3 Å². The third-order valence-electron chi connectivity index (χ3n) is 13.2. The van der Waals surface area contributed by atoms with E-state index in [4.69, 9.17) is 18.9 Å². The zero-order valence-electron chi connectivity index (χ0n) is 45.8. The van der Waals surface area contributed by atoms with E-state index in [9.17, 15) is 16.8 Å². The molecule has 0 aliphatic carbocycles. The van der Waals surface area contributed by atoms with Crippen molar-refractivity contribution in [2.45, 2.75) is 9.79 Å². The molecule has 0 unspecified atom stereocenters. The lowest BCUT2D eigenvalue weighted by Crippen LogP contribution is -2.12. The second-order valence-electron chi connectivity index (χ2n) is 18.2. The van der Waals surface area contributed by atoms with Crippen molar-refractivity contribution in [1.82, 2.24) is 47.8 Å². The molecule has 0 fully saturated rings. The lowest BCUT2D eigenvalue weighted by molar-refractivity contribution is 0.355. The molecular weight excluding hydrogens is 1250 g/mol. The van der Waals surface area contributed by atoms with Gasteiger partial charge in [0.15, 0.2) is 34.3 Å². The van der Waals surface area contributed by atoms with E-state index >= 15 is 0 Å². The molecule has 0 aliphatic heterocycles. The van der Waals surface area contributed by atoms with Gasteiger partial charge in [0, 0.05) is 109 Å². The van der Waals surface area contributed by atoms with Crippen LogP contribution in [0.3, 0.4) is 0 Å². The maximum absolute atomic E-state index is 13.2. The number of hydrogen-bond donors (Lipinski definition) is 3. The van der Waals surface area contributed by atoms with E-state index in [1.807, 2.05) is 104 Å². The quantitative estimate of drug-likeness (QED) is 0.116. The van der Waals surface area contributed by atoms with Crippen LogP contribution in [0, 0.1) is 0 Å². The fourth-order valence-corrected chi connectivity index (χ4v) is 12.8. The first-order valence-electron chi connectivity index (χ1n) is 25.9. The molecule has 428 valence electrons. The Labute approximate surface area is 505 Å². The summed E-state index contributed by atoms with van der Waals surface area (Å²) >= 11 is 6.75. The van der Waals surface area contributed by atoms with Crippen molar-refractivity contribution in [2.24, 2.45) is 0 Å². The summed E-state index contributed by atoms with van der Waals surface area (Å²) in [4.78, 5) is 30.6. The van der Waals surface area contributed by atoms with Crippen molar-refractivity contribution >= 4 is 107 Å². The van der Waals surface area contributed by atoms with Gasteiger partial charge in [0.25, 0.3) is 20.0 Å². The highest BCUT2D eigenvalue weighted by atomic mass is 79.9. The molecule has 10 aromatic heterocycles.